The van der Waals surface area contributed by atoms with E-state index in [-0.39, 0.29) is 5.82 Å². The van der Waals surface area contributed by atoms with Crippen molar-refractivity contribution in [3.05, 3.63) is 71.5 Å². The summed E-state index contributed by atoms with van der Waals surface area (Å²) in [6.45, 7) is 2.73. The zero-order valence-electron chi connectivity index (χ0n) is 16.0. The Morgan fingerprint density at radius 1 is 1.04 bits per heavy atom. The van der Waals surface area contributed by atoms with E-state index in [1.165, 1.54) is 22.9 Å². The zero-order chi connectivity index (χ0) is 19.7. The lowest BCUT2D eigenvalue weighted by Crippen LogP contribution is -2.10. The van der Waals surface area contributed by atoms with Gasteiger partial charge in [-0.05, 0) is 54.4 Å². The van der Waals surface area contributed by atoms with Crippen LogP contribution in [0.1, 0.15) is 11.1 Å². The number of aryl methyl sites for hydroxylation is 1. The molecule has 142 valence electrons. The lowest BCUT2D eigenvalue weighted by molar-refractivity contribution is 0.629. The smallest absolute Gasteiger partial charge is 0.188 e. The molecule has 0 saturated heterocycles. The van der Waals surface area contributed by atoms with Crippen molar-refractivity contribution in [1.82, 2.24) is 19.8 Å². The molecule has 0 aliphatic heterocycles. The van der Waals surface area contributed by atoms with E-state index >= 15 is 0 Å². The van der Waals surface area contributed by atoms with E-state index in [9.17, 15) is 4.39 Å². The fourth-order valence-corrected chi connectivity index (χ4v) is 3.04. The highest BCUT2D eigenvalue weighted by atomic mass is 19.1. The molecule has 0 unspecified atom stereocenters. The lowest BCUT2D eigenvalue weighted by Gasteiger charge is -2.15. The molecule has 1 N–H and O–H groups in total. The van der Waals surface area contributed by atoms with Crippen LogP contribution in [-0.4, -0.2) is 33.9 Å². The molecule has 0 fully saturated rings. The van der Waals surface area contributed by atoms with Crippen LogP contribution in [0, 0.1) is 12.7 Å². The second-order valence-corrected chi connectivity index (χ2v) is 6.85. The van der Waals surface area contributed by atoms with Crippen LogP contribution >= 0.6 is 0 Å². The largest absolute Gasteiger partial charge is 0.378 e. The molecule has 4 aromatic rings. The molecule has 0 aliphatic rings. The quantitative estimate of drug-likeness (QED) is 0.572. The highest BCUT2D eigenvalue weighted by molar-refractivity contribution is 5.60. The van der Waals surface area contributed by atoms with Gasteiger partial charge in [0.1, 0.15) is 11.6 Å². The number of fused-ring (bicyclic) bond motifs is 1. The first-order valence-corrected chi connectivity index (χ1v) is 9.01. The number of rotatable bonds is 5. The Hall–Kier alpha value is -3.48. The summed E-state index contributed by atoms with van der Waals surface area (Å²) in [6, 6.07) is 16.5. The van der Waals surface area contributed by atoms with E-state index in [1.807, 2.05) is 26.2 Å². The van der Waals surface area contributed by atoms with Crippen LogP contribution < -0.4 is 10.2 Å². The molecule has 0 amide bonds. The van der Waals surface area contributed by atoms with Crippen molar-refractivity contribution in [2.75, 3.05) is 24.3 Å². The summed E-state index contributed by atoms with van der Waals surface area (Å²) in [7, 11) is 4.05. The summed E-state index contributed by atoms with van der Waals surface area (Å²) in [5.74, 6) is 0.692. The summed E-state index contributed by atoms with van der Waals surface area (Å²) in [5.41, 5.74) is 4.49. The first-order chi connectivity index (χ1) is 13.5. The Labute approximate surface area is 162 Å². The number of hydrogen-bond acceptors (Lipinski definition) is 5. The Kier molecular flexibility index (Phi) is 4.65. The minimum Gasteiger partial charge on any atom is -0.378 e. The molecule has 0 spiro atoms. The van der Waals surface area contributed by atoms with Gasteiger partial charge in [-0.25, -0.2) is 4.39 Å². The molecule has 2 aromatic carbocycles. The predicted molar refractivity (Wildman–Crippen MR) is 109 cm³/mol. The molecule has 0 atom stereocenters. The van der Waals surface area contributed by atoms with Gasteiger partial charge in [-0.2, -0.15) is 4.52 Å². The Bertz CT molecular complexity index is 1130. The van der Waals surface area contributed by atoms with Crippen molar-refractivity contribution in [1.29, 1.82) is 0 Å². The Morgan fingerprint density at radius 3 is 2.61 bits per heavy atom. The highest BCUT2D eigenvalue weighted by Gasteiger charge is 2.13. The van der Waals surface area contributed by atoms with Crippen LogP contribution in [0.3, 0.4) is 0 Å². The second kappa shape index (κ2) is 7.26. The van der Waals surface area contributed by atoms with Gasteiger partial charge in [0.25, 0.3) is 0 Å². The van der Waals surface area contributed by atoms with Crippen LogP contribution in [0.15, 0.2) is 54.6 Å². The second-order valence-electron chi connectivity index (χ2n) is 6.85. The van der Waals surface area contributed by atoms with Gasteiger partial charge in [0, 0.05) is 26.3 Å². The zero-order valence-corrected chi connectivity index (χ0v) is 16.0. The summed E-state index contributed by atoms with van der Waals surface area (Å²) in [6.07, 6.45) is 0. The molecule has 6 nitrogen and oxygen atoms in total. The standard InChI is InChI=1S/C21H21FN6/c1-14-12-16(27(2)3)9-8-15(14)13-23-19-10-11-20-24-25-21(28(20)26-19)17-6-4-5-7-18(17)22/h4-12H,13H2,1-3H3,(H,23,26). The summed E-state index contributed by atoms with van der Waals surface area (Å²) >= 11 is 0. The number of nitrogens with zero attached hydrogens (tertiary/aromatic N) is 5. The fraction of sp³-hybridized carbons (Fsp3) is 0.190. The van der Waals surface area contributed by atoms with Crippen LogP contribution in [-0.2, 0) is 6.54 Å². The number of hydrogen-bond donors (Lipinski definition) is 1. The van der Waals surface area contributed by atoms with Crippen molar-refractivity contribution in [3.8, 4) is 11.4 Å². The van der Waals surface area contributed by atoms with Crippen LogP contribution in [0.4, 0.5) is 15.9 Å². The van der Waals surface area contributed by atoms with Crippen molar-refractivity contribution in [2.24, 2.45) is 0 Å². The molecule has 4 rings (SSSR count). The number of anilines is 2. The van der Waals surface area contributed by atoms with Gasteiger partial charge >= 0.3 is 0 Å². The number of nitrogens with one attached hydrogen (secondary N) is 1. The molecular weight excluding hydrogens is 355 g/mol. The van der Waals surface area contributed by atoms with Gasteiger partial charge < -0.3 is 10.2 Å². The van der Waals surface area contributed by atoms with E-state index in [0.29, 0.717) is 29.4 Å². The molecule has 2 heterocycles. The summed E-state index contributed by atoms with van der Waals surface area (Å²) in [5, 5.41) is 16.1. The van der Waals surface area contributed by atoms with E-state index in [2.05, 4.69) is 50.6 Å². The molecule has 0 radical (unpaired) electrons. The Morgan fingerprint density at radius 2 is 1.86 bits per heavy atom. The predicted octanol–water partition coefficient (Wildman–Crippen LogP) is 3.92. The lowest BCUT2D eigenvalue weighted by atomic mass is 10.1. The monoisotopic (exact) mass is 376 g/mol. The molecule has 0 aliphatic carbocycles. The van der Waals surface area contributed by atoms with Crippen molar-refractivity contribution in [3.63, 3.8) is 0 Å². The maximum absolute atomic E-state index is 14.2. The molecule has 28 heavy (non-hydrogen) atoms. The molecule has 7 heteroatoms. The summed E-state index contributed by atoms with van der Waals surface area (Å²) in [4.78, 5) is 2.08. The summed E-state index contributed by atoms with van der Waals surface area (Å²) < 4.78 is 15.7. The third kappa shape index (κ3) is 3.38. The van der Waals surface area contributed by atoms with Crippen LogP contribution in [0.2, 0.25) is 0 Å². The van der Waals surface area contributed by atoms with E-state index < -0.39 is 0 Å². The molecule has 0 bridgehead atoms. The first-order valence-electron chi connectivity index (χ1n) is 9.01. The maximum atomic E-state index is 14.2. The van der Waals surface area contributed by atoms with E-state index in [1.54, 1.807) is 22.7 Å². The number of benzene rings is 2. The van der Waals surface area contributed by atoms with Gasteiger partial charge in [-0.15, -0.1) is 15.3 Å². The average Bonchev–Trinajstić information content (AvgIpc) is 3.10. The normalized spacial score (nSPS) is 11.0. The van der Waals surface area contributed by atoms with E-state index in [4.69, 9.17) is 0 Å². The van der Waals surface area contributed by atoms with Gasteiger partial charge in [0.15, 0.2) is 11.5 Å². The minimum atomic E-state index is -0.353. The molecule has 0 saturated carbocycles. The van der Waals surface area contributed by atoms with Gasteiger partial charge in [-0.3, -0.25) is 0 Å². The van der Waals surface area contributed by atoms with Gasteiger partial charge in [0.05, 0.1) is 5.56 Å². The number of aromatic nitrogens is 4. The van der Waals surface area contributed by atoms with Gasteiger partial charge in [0.2, 0.25) is 0 Å². The van der Waals surface area contributed by atoms with Crippen molar-refractivity contribution < 1.29 is 4.39 Å². The fourth-order valence-electron chi connectivity index (χ4n) is 3.04. The first kappa shape index (κ1) is 17.9. The number of halogens is 1. The highest BCUT2D eigenvalue weighted by Crippen LogP contribution is 2.22. The topological polar surface area (TPSA) is 58.3 Å². The van der Waals surface area contributed by atoms with E-state index in [0.717, 1.165) is 0 Å². The van der Waals surface area contributed by atoms with Gasteiger partial charge in [-0.1, -0.05) is 18.2 Å². The van der Waals surface area contributed by atoms with Crippen LogP contribution in [0.5, 0.6) is 0 Å². The molecular formula is C21H21FN6. The third-order valence-electron chi connectivity index (χ3n) is 4.68. The van der Waals surface area contributed by atoms with Crippen LogP contribution in [0.25, 0.3) is 17.0 Å². The molecule has 2 aromatic heterocycles. The Balaban J connectivity index is 1.60. The average molecular weight is 376 g/mol. The van der Waals surface area contributed by atoms with Crippen molar-refractivity contribution in [2.45, 2.75) is 13.5 Å². The minimum absolute atomic E-state index is 0.353. The third-order valence-corrected chi connectivity index (χ3v) is 4.68. The maximum Gasteiger partial charge on any atom is 0.188 e. The van der Waals surface area contributed by atoms with Crippen molar-refractivity contribution >= 4 is 17.2 Å². The SMILES string of the molecule is Cc1cc(N(C)C)ccc1CNc1ccc2nnc(-c3ccccc3F)n2n1.